The normalized spacial score (nSPS) is 21.8. The van der Waals surface area contributed by atoms with Crippen LogP contribution in [0.2, 0.25) is 10.0 Å². The fourth-order valence-corrected chi connectivity index (χ4v) is 3.50. The molecule has 1 saturated carbocycles. The van der Waals surface area contributed by atoms with Crippen molar-refractivity contribution >= 4 is 35.2 Å². The number of halogens is 5. The van der Waals surface area contributed by atoms with Crippen molar-refractivity contribution in [2.45, 2.75) is 32.0 Å². The molecule has 3 rings (SSSR count). The zero-order valence-electron chi connectivity index (χ0n) is 14.4. The molecule has 1 atom stereocenters. The second-order valence-corrected chi connectivity index (χ2v) is 7.58. The van der Waals surface area contributed by atoms with E-state index in [0.29, 0.717) is 0 Å². The molecule has 1 saturated heterocycles. The highest BCUT2D eigenvalue weighted by Crippen LogP contribution is 2.58. The number of carbonyl (C=O) groups excluding carboxylic acids is 2. The summed E-state index contributed by atoms with van der Waals surface area (Å²) in [6, 6.07) is 4.04. The summed E-state index contributed by atoms with van der Waals surface area (Å²) in [6.07, 6.45) is -5.62. The van der Waals surface area contributed by atoms with Gasteiger partial charge in [0.25, 0.3) is 0 Å². The summed E-state index contributed by atoms with van der Waals surface area (Å²) in [7, 11) is 0. The minimum absolute atomic E-state index is 0.0101. The number of carbonyl (C=O) groups is 2. The molecule has 2 aliphatic rings. The fourth-order valence-electron chi connectivity index (χ4n) is 3.17. The maximum atomic E-state index is 13.2. The van der Waals surface area contributed by atoms with Crippen LogP contribution in [0, 0.1) is 5.41 Å². The molecule has 5 nitrogen and oxygen atoms in total. The fraction of sp³-hybridized carbons (Fsp3) is 0.529. The van der Waals surface area contributed by atoms with Gasteiger partial charge < -0.3 is 14.5 Å². The molecule has 2 amide bonds. The van der Waals surface area contributed by atoms with E-state index in [9.17, 15) is 22.8 Å². The molecule has 148 valence electrons. The van der Waals surface area contributed by atoms with Crippen molar-refractivity contribution in [2.75, 3.05) is 19.6 Å². The standard InChI is InChI=1S/C17H17Cl2F3N2O3/c1-10-9-23(15(26)27-12-4-2-3-11(18)13(12)19)7-8-24(10)14(25)16(5-6-16)17(20,21)22/h2-4,10H,5-9H2,1H3. The van der Waals surface area contributed by atoms with Crippen molar-refractivity contribution < 1.29 is 27.5 Å². The van der Waals surface area contributed by atoms with Gasteiger partial charge in [0.15, 0.2) is 5.75 Å². The Hall–Kier alpha value is -1.67. The number of piperazine rings is 1. The van der Waals surface area contributed by atoms with Crippen LogP contribution in [0.5, 0.6) is 5.75 Å². The molecule has 0 spiro atoms. The van der Waals surface area contributed by atoms with Crippen LogP contribution in [0.25, 0.3) is 0 Å². The molecular weight excluding hydrogens is 408 g/mol. The number of alkyl halides is 3. The molecule has 27 heavy (non-hydrogen) atoms. The monoisotopic (exact) mass is 424 g/mol. The Bertz CT molecular complexity index is 768. The van der Waals surface area contributed by atoms with Gasteiger partial charge >= 0.3 is 12.3 Å². The SMILES string of the molecule is CC1CN(C(=O)Oc2cccc(Cl)c2Cl)CCN1C(=O)C1(C(F)(F)F)CC1. The van der Waals surface area contributed by atoms with Crippen molar-refractivity contribution in [3.63, 3.8) is 0 Å². The van der Waals surface area contributed by atoms with Gasteiger partial charge in [0.2, 0.25) is 5.91 Å². The van der Waals surface area contributed by atoms with Gasteiger partial charge in [0.05, 0.1) is 5.02 Å². The van der Waals surface area contributed by atoms with Crippen LogP contribution >= 0.6 is 23.2 Å². The summed E-state index contributed by atoms with van der Waals surface area (Å²) in [5.74, 6) is -0.817. The van der Waals surface area contributed by atoms with Gasteiger partial charge in [-0.25, -0.2) is 4.79 Å². The Morgan fingerprint density at radius 3 is 2.44 bits per heavy atom. The lowest BCUT2D eigenvalue weighted by molar-refractivity contribution is -0.200. The Labute approximate surface area is 163 Å². The maximum absolute atomic E-state index is 13.2. The van der Waals surface area contributed by atoms with Crippen LogP contribution in [0.4, 0.5) is 18.0 Å². The Balaban J connectivity index is 1.64. The molecule has 1 aromatic carbocycles. The van der Waals surface area contributed by atoms with Gasteiger partial charge in [-0.3, -0.25) is 4.79 Å². The van der Waals surface area contributed by atoms with Gasteiger partial charge in [0, 0.05) is 25.7 Å². The van der Waals surface area contributed by atoms with Crippen LogP contribution in [0.3, 0.4) is 0 Å². The average Bonchev–Trinajstić information content (AvgIpc) is 3.40. The number of nitrogens with zero attached hydrogens (tertiary/aromatic N) is 2. The summed E-state index contributed by atoms with van der Waals surface area (Å²) >= 11 is 11.9. The second-order valence-electron chi connectivity index (χ2n) is 6.79. The molecule has 0 N–H and O–H groups in total. The molecule has 0 radical (unpaired) electrons. The van der Waals surface area contributed by atoms with E-state index in [0.717, 1.165) is 0 Å². The number of rotatable bonds is 2. The number of amides is 2. The van der Waals surface area contributed by atoms with E-state index in [-0.39, 0.29) is 48.3 Å². The van der Waals surface area contributed by atoms with E-state index >= 15 is 0 Å². The third kappa shape index (κ3) is 3.69. The van der Waals surface area contributed by atoms with Crippen molar-refractivity contribution in [2.24, 2.45) is 5.41 Å². The van der Waals surface area contributed by atoms with Crippen LogP contribution in [-0.2, 0) is 4.79 Å². The van der Waals surface area contributed by atoms with E-state index < -0.39 is 29.6 Å². The number of hydrogen-bond donors (Lipinski definition) is 0. The minimum atomic E-state index is -4.55. The predicted molar refractivity (Wildman–Crippen MR) is 93.0 cm³/mol. The number of benzene rings is 1. The van der Waals surface area contributed by atoms with E-state index in [1.807, 2.05) is 0 Å². The van der Waals surface area contributed by atoms with Crippen LogP contribution in [0.15, 0.2) is 18.2 Å². The molecule has 2 fully saturated rings. The van der Waals surface area contributed by atoms with Gasteiger partial charge in [-0.2, -0.15) is 13.2 Å². The van der Waals surface area contributed by atoms with Crippen molar-refractivity contribution in [3.8, 4) is 5.75 Å². The Kier molecular flexibility index (Phi) is 5.24. The first-order valence-electron chi connectivity index (χ1n) is 8.35. The lowest BCUT2D eigenvalue weighted by Gasteiger charge is -2.41. The van der Waals surface area contributed by atoms with Crippen LogP contribution < -0.4 is 4.74 Å². The first-order chi connectivity index (χ1) is 12.6. The van der Waals surface area contributed by atoms with Crippen molar-refractivity contribution in [1.82, 2.24) is 9.80 Å². The molecule has 1 aromatic rings. The third-order valence-corrected chi connectivity index (χ3v) is 5.76. The topological polar surface area (TPSA) is 49.9 Å². The predicted octanol–water partition coefficient (Wildman–Crippen LogP) is 4.37. The van der Waals surface area contributed by atoms with Gasteiger partial charge in [-0.15, -0.1) is 0 Å². The number of ether oxygens (including phenoxy) is 1. The van der Waals surface area contributed by atoms with E-state index in [4.69, 9.17) is 27.9 Å². The molecule has 0 bridgehead atoms. The maximum Gasteiger partial charge on any atom is 0.415 e. The first kappa shape index (κ1) is 20.1. The third-order valence-electron chi connectivity index (χ3n) is 4.96. The lowest BCUT2D eigenvalue weighted by atomic mass is 10.0. The molecule has 1 aliphatic heterocycles. The summed E-state index contributed by atoms with van der Waals surface area (Å²) in [5.41, 5.74) is -2.25. The minimum Gasteiger partial charge on any atom is -0.409 e. The van der Waals surface area contributed by atoms with Crippen molar-refractivity contribution in [1.29, 1.82) is 0 Å². The number of hydrogen-bond acceptors (Lipinski definition) is 3. The Morgan fingerprint density at radius 2 is 1.89 bits per heavy atom. The molecule has 1 unspecified atom stereocenters. The molecule has 1 heterocycles. The zero-order chi connectivity index (χ0) is 20.0. The first-order valence-corrected chi connectivity index (χ1v) is 9.11. The molecular formula is C17H17Cl2F3N2O3. The van der Waals surface area contributed by atoms with E-state index in [1.54, 1.807) is 19.1 Å². The van der Waals surface area contributed by atoms with E-state index in [2.05, 4.69) is 0 Å². The van der Waals surface area contributed by atoms with Crippen LogP contribution in [0.1, 0.15) is 19.8 Å². The molecule has 10 heteroatoms. The second kappa shape index (κ2) is 7.05. The lowest BCUT2D eigenvalue weighted by Crippen LogP contribution is -2.58. The summed E-state index contributed by atoms with van der Waals surface area (Å²) in [6.45, 7) is 1.75. The largest absolute Gasteiger partial charge is 0.415 e. The highest BCUT2D eigenvalue weighted by Gasteiger charge is 2.69. The quantitative estimate of drug-likeness (QED) is 0.708. The molecule has 1 aliphatic carbocycles. The highest BCUT2D eigenvalue weighted by atomic mass is 35.5. The van der Waals surface area contributed by atoms with Gasteiger partial charge in [0.1, 0.15) is 10.4 Å². The Morgan fingerprint density at radius 1 is 1.22 bits per heavy atom. The summed E-state index contributed by atoms with van der Waals surface area (Å²) in [4.78, 5) is 27.3. The van der Waals surface area contributed by atoms with E-state index in [1.165, 1.54) is 15.9 Å². The highest BCUT2D eigenvalue weighted by molar-refractivity contribution is 6.43. The summed E-state index contributed by atoms with van der Waals surface area (Å²) < 4.78 is 44.8. The summed E-state index contributed by atoms with van der Waals surface area (Å²) in [5, 5.41) is 0.322. The van der Waals surface area contributed by atoms with Gasteiger partial charge in [-0.05, 0) is 31.9 Å². The molecule has 0 aromatic heterocycles. The average molecular weight is 425 g/mol. The van der Waals surface area contributed by atoms with Crippen LogP contribution in [-0.4, -0.2) is 53.7 Å². The smallest absolute Gasteiger partial charge is 0.409 e. The zero-order valence-corrected chi connectivity index (χ0v) is 15.9. The van der Waals surface area contributed by atoms with Crippen molar-refractivity contribution in [3.05, 3.63) is 28.2 Å². The van der Waals surface area contributed by atoms with Gasteiger partial charge in [-0.1, -0.05) is 29.3 Å².